The van der Waals surface area contributed by atoms with Crippen LogP contribution in [0.2, 0.25) is 0 Å². The van der Waals surface area contributed by atoms with E-state index in [9.17, 15) is 14.7 Å². The highest BCUT2D eigenvalue weighted by Crippen LogP contribution is 2.31. The maximum absolute atomic E-state index is 13.3. The predicted molar refractivity (Wildman–Crippen MR) is 143 cm³/mol. The molecule has 37 heavy (non-hydrogen) atoms. The molecule has 2 aliphatic heterocycles. The second-order valence-corrected chi connectivity index (χ2v) is 9.95. The molecule has 2 saturated heterocycles. The molecule has 2 aliphatic rings. The van der Waals surface area contributed by atoms with Gasteiger partial charge in [0, 0.05) is 63.5 Å². The van der Waals surface area contributed by atoms with Crippen LogP contribution in [-0.4, -0.2) is 92.9 Å². The molecule has 2 aromatic carbocycles. The molecule has 1 amide bonds. The van der Waals surface area contributed by atoms with Gasteiger partial charge in [0.1, 0.15) is 5.75 Å². The summed E-state index contributed by atoms with van der Waals surface area (Å²) in [6.45, 7) is 7.30. The number of ether oxygens (including phenoxy) is 2. The van der Waals surface area contributed by atoms with Crippen molar-refractivity contribution in [2.75, 3.05) is 71.0 Å². The fourth-order valence-electron chi connectivity index (χ4n) is 5.42. The van der Waals surface area contributed by atoms with Gasteiger partial charge < -0.3 is 24.4 Å². The molecule has 0 radical (unpaired) electrons. The Bertz CT molecular complexity index is 994. The molecule has 8 nitrogen and oxygen atoms in total. The third-order valence-electron chi connectivity index (χ3n) is 7.63. The van der Waals surface area contributed by atoms with Gasteiger partial charge in [-0.15, -0.1) is 0 Å². The molecule has 8 heteroatoms. The van der Waals surface area contributed by atoms with Crippen molar-refractivity contribution >= 4 is 17.6 Å². The Morgan fingerprint density at radius 2 is 1.73 bits per heavy atom. The van der Waals surface area contributed by atoms with Crippen molar-refractivity contribution in [1.29, 1.82) is 0 Å². The molecular formula is C29H39N3O5. The Kier molecular flexibility index (Phi) is 9.79. The summed E-state index contributed by atoms with van der Waals surface area (Å²) in [7, 11) is 1.61. The SMILES string of the molecule is COc1ccc(C(=O)N2CCC(CC(=O)O)C(CCN(CCN3CCOCC3)c3ccccc3)C2)cc1. The Balaban J connectivity index is 1.43. The number of likely N-dealkylation sites (tertiary alicyclic amines) is 1. The molecule has 0 spiro atoms. The third kappa shape index (κ3) is 7.69. The number of morpholine rings is 1. The van der Waals surface area contributed by atoms with E-state index in [2.05, 4.69) is 34.1 Å². The number of hydrogen-bond acceptors (Lipinski definition) is 6. The van der Waals surface area contributed by atoms with Gasteiger partial charge in [-0.05, 0) is 61.1 Å². The molecule has 2 aromatic rings. The molecule has 2 heterocycles. The number of hydrogen-bond donors (Lipinski definition) is 1. The van der Waals surface area contributed by atoms with Crippen LogP contribution >= 0.6 is 0 Å². The van der Waals surface area contributed by atoms with Crippen LogP contribution in [0.4, 0.5) is 5.69 Å². The minimum absolute atomic E-state index is 0.00587. The van der Waals surface area contributed by atoms with Crippen LogP contribution in [0.25, 0.3) is 0 Å². The zero-order valence-corrected chi connectivity index (χ0v) is 21.8. The Morgan fingerprint density at radius 1 is 1.00 bits per heavy atom. The average molecular weight is 510 g/mol. The number of amides is 1. The second kappa shape index (κ2) is 13.4. The topological polar surface area (TPSA) is 82.5 Å². The van der Waals surface area contributed by atoms with Gasteiger partial charge in [-0.3, -0.25) is 14.5 Å². The number of piperidine rings is 1. The summed E-state index contributed by atoms with van der Waals surface area (Å²) in [4.78, 5) is 31.6. The Morgan fingerprint density at radius 3 is 2.41 bits per heavy atom. The number of benzene rings is 2. The number of carbonyl (C=O) groups excluding carboxylic acids is 1. The molecule has 0 saturated carbocycles. The van der Waals surface area contributed by atoms with Crippen LogP contribution in [-0.2, 0) is 9.53 Å². The summed E-state index contributed by atoms with van der Waals surface area (Å²) in [5.41, 5.74) is 1.81. The average Bonchev–Trinajstić information content (AvgIpc) is 2.94. The lowest BCUT2D eigenvalue weighted by molar-refractivity contribution is -0.139. The molecule has 2 unspecified atom stereocenters. The van der Waals surface area contributed by atoms with Crippen LogP contribution in [0.1, 0.15) is 29.6 Å². The minimum Gasteiger partial charge on any atom is -0.497 e. The van der Waals surface area contributed by atoms with Crippen LogP contribution in [0, 0.1) is 11.8 Å². The fraction of sp³-hybridized carbons (Fsp3) is 0.517. The van der Waals surface area contributed by atoms with E-state index in [0.717, 1.165) is 52.4 Å². The first-order valence-electron chi connectivity index (χ1n) is 13.3. The van der Waals surface area contributed by atoms with Crippen molar-refractivity contribution in [3.8, 4) is 5.75 Å². The number of methoxy groups -OCH3 is 1. The van der Waals surface area contributed by atoms with Crippen LogP contribution in [0.5, 0.6) is 5.75 Å². The number of aliphatic carboxylic acids is 1. The first kappa shape index (κ1) is 26.9. The number of anilines is 1. The first-order valence-corrected chi connectivity index (χ1v) is 13.3. The van der Waals surface area contributed by atoms with Gasteiger partial charge in [0.05, 0.1) is 20.3 Å². The minimum atomic E-state index is -0.767. The normalized spacial score (nSPS) is 20.4. The van der Waals surface area contributed by atoms with Crippen LogP contribution < -0.4 is 9.64 Å². The van der Waals surface area contributed by atoms with Crippen molar-refractivity contribution in [2.45, 2.75) is 19.3 Å². The predicted octanol–water partition coefficient (Wildman–Crippen LogP) is 3.48. The summed E-state index contributed by atoms with van der Waals surface area (Å²) in [5.74, 6) is 0.134. The Labute approximate surface area is 219 Å². The standard InChI is InChI=1S/C29H39N3O5/c1-36-27-9-7-23(8-10-27)29(35)32-14-11-24(21-28(33)34)25(22-32)12-13-31(26-5-3-2-4-6-26)16-15-30-17-19-37-20-18-30/h2-10,24-25H,11-22H2,1H3,(H,33,34). The van der Waals surface area contributed by atoms with Gasteiger partial charge in [0.15, 0.2) is 0 Å². The second-order valence-electron chi connectivity index (χ2n) is 9.95. The third-order valence-corrected chi connectivity index (χ3v) is 7.63. The lowest BCUT2D eigenvalue weighted by Gasteiger charge is -2.39. The van der Waals surface area contributed by atoms with Gasteiger partial charge >= 0.3 is 5.97 Å². The molecule has 4 rings (SSSR count). The number of nitrogens with zero attached hydrogens (tertiary/aromatic N) is 3. The van der Waals surface area contributed by atoms with E-state index in [1.54, 1.807) is 31.4 Å². The highest BCUT2D eigenvalue weighted by atomic mass is 16.5. The van der Waals surface area contributed by atoms with Gasteiger partial charge in [-0.25, -0.2) is 0 Å². The van der Waals surface area contributed by atoms with Gasteiger partial charge in [-0.2, -0.15) is 0 Å². The van der Waals surface area contributed by atoms with E-state index in [1.165, 1.54) is 5.69 Å². The number of carboxylic acid groups (broad SMARTS) is 1. The summed E-state index contributed by atoms with van der Waals surface area (Å²) in [6, 6.07) is 17.6. The van der Waals surface area contributed by atoms with E-state index in [0.29, 0.717) is 30.8 Å². The van der Waals surface area contributed by atoms with E-state index in [-0.39, 0.29) is 24.2 Å². The molecule has 0 bridgehead atoms. The van der Waals surface area contributed by atoms with E-state index >= 15 is 0 Å². The maximum Gasteiger partial charge on any atom is 0.303 e. The van der Waals surface area contributed by atoms with Crippen molar-refractivity contribution in [2.24, 2.45) is 11.8 Å². The fourth-order valence-corrected chi connectivity index (χ4v) is 5.42. The van der Waals surface area contributed by atoms with Crippen LogP contribution in [0.3, 0.4) is 0 Å². The number of para-hydroxylation sites is 1. The lowest BCUT2D eigenvalue weighted by atomic mass is 9.81. The summed E-state index contributed by atoms with van der Waals surface area (Å²) < 4.78 is 10.7. The quantitative estimate of drug-likeness (QED) is 0.497. The van der Waals surface area contributed by atoms with Gasteiger partial charge in [-0.1, -0.05) is 18.2 Å². The van der Waals surface area contributed by atoms with E-state index < -0.39 is 5.97 Å². The van der Waals surface area contributed by atoms with Crippen molar-refractivity contribution in [3.63, 3.8) is 0 Å². The zero-order chi connectivity index (χ0) is 26.0. The molecule has 0 aliphatic carbocycles. The highest BCUT2D eigenvalue weighted by Gasteiger charge is 2.33. The smallest absolute Gasteiger partial charge is 0.303 e. The van der Waals surface area contributed by atoms with Crippen LogP contribution in [0.15, 0.2) is 54.6 Å². The Hall–Kier alpha value is -3.10. The molecule has 0 aromatic heterocycles. The lowest BCUT2D eigenvalue weighted by Crippen LogP contribution is -2.46. The van der Waals surface area contributed by atoms with E-state index in [1.807, 2.05) is 11.0 Å². The molecule has 200 valence electrons. The first-order chi connectivity index (χ1) is 18.0. The maximum atomic E-state index is 13.3. The summed E-state index contributed by atoms with van der Waals surface area (Å²) in [5, 5.41) is 9.55. The number of carboxylic acids is 1. The summed E-state index contributed by atoms with van der Waals surface area (Å²) in [6.07, 6.45) is 1.69. The van der Waals surface area contributed by atoms with Crippen molar-refractivity contribution < 1.29 is 24.2 Å². The van der Waals surface area contributed by atoms with Gasteiger partial charge in [0.25, 0.3) is 5.91 Å². The monoisotopic (exact) mass is 509 g/mol. The van der Waals surface area contributed by atoms with Crippen molar-refractivity contribution in [1.82, 2.24) is 9.80 Å². The number of carbonyl (C=O) groups is 2. The molecular weight excluding hydrogens is 470 g/mol. The highest BCUT2D eigenvalue weighted by molar-refractivity contribution is 5.94. The largest absolute Gasteiger partial charge is 0.497 e. The number of rotatable bonds is 11. The van der Waals surface area contributed by atoms with Crippen molar-refractivity contribution in [3.05, 3.63) is 60.2 Å². The van der Waals surface area contributed by atoms with E-state index in [4.69, 9.17) is 9.47 Å². The zero-order valence-electron chi connectivity index (χ0n) is 21.8. The van der Waals surface area contributed by atoms with Gasteiger partial charge in [0.2, 0.25) is 0 Å². The molecule has 2 fully saturated rings. The molecule has 1 N–H and O–H groups in total. The molecule has 2 atom stereocenters. The summed E-state index contributed by atoms with van der Waals surface area (Å²) >= 11 is 0.